The van der Waals surface area contributed by atoms with Crippen molar-refractivity contribution in [1.82, 2.24) is 9.38 Å². The van der Waals surface area contributed by atoms with Crippen LogP contribution in [0.3, 0.4) is 0 Å². The van der Waals surface area contributed by atoms with Gasteiger partial charge in [0, 0.05) is 18.6 Å². The summed E-state index contributed by atoms with van der Waals surface area (Å²) in [5.74, 6) is 0. The molecule has 2 heterocycles. The first-order valence-corrected chi connectivity index (χ1v) is 5.65. The summed E-state index contributed by atoms with van der Waals surface area (Å²) in [5, 5.41) is 0. The Morgan fingerprint density at radius 1 is 1.41 bits per heavy atom. The number of nitrogens with zero attached hydrogens (tertiary/aromatic N) is 2. The molecule has 0 aliphatic rings. The lowest BCUT2D eigenvalue weighted by molar-refractivity contribution is 1.18. The molecule has 0 bridgehead atoms. The fourth-order valence-electron chi connectivity index (χ4n) is 1.97. The van der Waals surface area contributed by atoms with Crippen LogP contribution >= 0.6 is 0 Å². The highest BCUT2D eigenvalue weighted by Crippen LogP contribution is 2.23. The molecule has 17 heavy (non-hydrogen) atoms. The molecule has 2 aromatic heterocycles. The van der Waals surface area contributed by atoms with Crippen molar-refractivity contribution in [2.45, 2.75) is 13.8 Å². The van der Waals surface area contributed by atoms with E-state index in [0.29, 0.717) is 0 Å². The Kier molecular flexibility index (Phi) is 3.24. The van der Waals surface area contributed by atoms with Crippen molar-refractivity contribution in [1.29, 1.82) is 0 Å². The van der Waals surface area contributed by atoms with Gasteiger partial charge in [-0.25, -0.2) is 4.98 Å². The van der Waals surface area contributed by atoms with E-state index >= 15 is 0 Å². The highest BCUT2D eigenvalue weighted by Gasteiger charge is 2.04. The summed E-state index contributed by atoms with van der Waals surface area (Å²) in [6.07, 6.45) is 11.7. The lowest BCUT2D eigenvalue weighted by atomic mass is 9.99. The van der Waals surface area contributed by atoms with Crippen LogP contribution in [0.2, 0.25) is 0 Å². The van der Waals surface area contributed by atoms with Crippen molar-refractivity contribution in [3.8, 4) is 0 Å². The van der Waals surface area contributed by atoms with Crippen molar-refractivity contribution in [3.63, 3.8) is 0 Å². The zero-order valence-electron chi connectivity index (χ0n) is 10.2. The zero-order chi connectivity index (χ0) is 12.3. The van der Waals surface area contributed by atoms with E-state index in [4.69, 9.17) is 0 Å². The molecular weight excluding hydrogens is 208 g/mol. The average molecular weight is 224 g/mol. The standard InChI is InChI=1S/C15H16N2/c1-4-6-12(3)14(5-2)13-7-9-17-10-8-16-15(17)11-13/h4-11H,1H2,2-3H3/b12-6+,14-5+. The predicted octanol–water partition coefficient (Wildman–Crippen LogP) is 3.87. The summed E-state index contributed by atoms with van der Waals surface area (Å²) >= 11 is 0. The number of hydrogen-bond acceptors (Lipinski definition) is 1. The summed E-state index contributed by atoms with van der Waals surface area (Å²) < 4.78 is 2.00. The topological polar surface area (TPSA) is 17.3 Å². The first kappa shape index (κ1) is 11.4. The van der Waals surface area contributed by atoms with E-state index in [1.807, 2.05) is 35.9 Å². The quantitative estimate of drug-likeness (QED) is 0.723. The largest absolute Gasteiger partial charge is 0.307 e. The first-order valence-electron chi connectivity index (χ1n) is 5.65. The molecule has 86 valence electrons. The number of allylic oxidation sites excluding steroid dienone is 5. The van der Waals surface area contributed by atoms with Crippen molar-refractivity contribution in [2.24, 2.45) is 0 Å². The third kappa shape index (κ3) is 2.21. The molecule has 2 aromatic rings. The smallest absolute Gasteiger partial charge is 0.137 e. The SMILES string of the molecule is C=C/C=C(C)/C(=C\C)c1ccn2ccnc2c1. The monoisotopic (exact) mass is 224 g/mol. The molecule has 0 aromatic carbocycles. The number of hydrogen-bond donors (Lipinski definition) is 0. The third-order valence-corrected chi connectivity index (χ3v) is 2.79. The van der Waals surface area contributed by atoms with Crippen LogP contribution in [0.1, 0.15) is 19.4 Å². The van der Waals surface area contributed by atoms with Gasteiger partial charge in [-0.05, 0) is 42.7 Å². The van der Waals surface area contributed by atoms with Gasteiger partial charge in [-0.2, -0.15) is 0 Å². The van der Waals surface area contributed by atoms with Crippen LogP contribution in [0.25, 0.3) is 11.2 Å². The molecule has 0 aliphatic heterocycles. The van der Waals surface area contributed by atoms with E-state index in [-0.39, 0.29) is 0 Å². The van der Waals surface area contributed by atoms with Crippen molar-refractivity contribution in [3.05, 3.63) is 66.7 Å². The van der Waals surface area contributed by atoms with Crippen LogP contribution < -0.4 is 0 Å². The van der Waals surface area contributed by atoms with Gasteiger partial charge in [0.1, 0.15) is 5.65 Å². The predicted molar refractivity (Wildman–Crippen MR) is 72.8 cm³/mol. The molecular formula is C15H16N2. The van der Waals surface area contributed by atoms with E-state index in [1.165, 1.54) is 16.7 Å². The Bertz CT molecular complexity index is 600. The summed E-state index contributed by atoms with van der Waals surface area (Å²) in [5.41, 5.74) is 4.57. The first-order chi connectivity index (χ1) is 8.26. The molecule has 2 rings (SSSR count). The van der Waals surface area contributed by atoms with Gasteiger partial charge in [0.2, 0.25) is 0 Å². The Balaban J connectivity index is 2.50. The molecule has 2 heteroatoms. The Morgan fingerprint density at radius 2 is 2.24 bits per heavy atom. The van der Waals surface area contributed by atoms with Crippen molar-refractivity contribution >= 4 is 11.2 Å². The minimum Gasteiger partial charge on any atom is -0.307 e. The van der Waals surface area contributed by atoms with E-state index in [1.54, 1.807) is 6.20 Å². The number of rotatable bonds is 3. The van der Waals surface area contributed by atoms with E-state index < -0.39 is 0 Å². The molecule has 0 radical (unpaired) electrons. The summed E-state index contributed by atoms with van der Waals surface area (Å²) in [7, 11) is 0. The minimum absolute atomic E-state index is 0.966. The number of pyridine rings is 1. The van der Waals surface area contributed by atoms with Gasteiger partial charge in [0.25, 0.3) is 0 Å². The third-order valence-electron chi connectivity index (χ3n) is 2.79. The highest BCUT2D eigenvalue weighted by molar-refractivity contribution is 5.79. The fourth-order valence-corrected chi connectivity index (χ4v) is 1.97. The highest BCUT2D eigenvalue weighted by atomic mass is 15.0. The summed E-state index contributed by atoms with van der Waals surface area (Å²) in [6.45, 7) is 7.87. The average Bonchev–Trinajstić information content (AvgIpc) is 2.77. The summed E-state index contributed by atoms with van der Waals surface area (Å²) in [6, 6.07) is 4.19. The second-order valence-corrected chi connectivity index (χ2v) is 3.90. The molecule has 2 nitrogen and oxygen atoms in total. The lowest BCUT2D eigenvalue weighted by Crippen LogP contribution is -1.90. The molecule has 0 atom stereocenters. The molecule has 0 saturated heterocycles. The fraction of sp³-hybridized carbons (Fsp3) is 0.133. The molecule has 0 aliphatic carbocycles. The van der Waals surface area contributed by atoms with Crippen LogP contribution in [0, 0.1) is 0 Å². The van der Waals surface area contributed by atoms with Gasteiger partial charge >= 0.3 is 0 Å². The molecule has 0 saturated carbocycles. The maximum absolute atomic E-state index is 4.30. The van der Waals surface area contributed by atoms with Crippen LogP contribution in [-0.2, 0) is 0 Å². The van der Waals surface area contributed by atoms with E-state index in [2.05, 4.69) is 36.7 Å². The van der Waals surface area contributed by atoms with Crippen molar-refractivity contribution in [2.75, 3.05) is 0 Å². The number of aromatic nitrogens is 2. The maximum Gasteiger partial charge on any atom is 0.137 e. The maximum atomic E-state index is 4.30. The molecule has 0 spiro atoms. The van der Waals surface area contributed by atoms with Gasteiger partial charge in [0.15, 0.2) is 0 Å². The van der Waals surface area contributed by atoms with Crippen LogP contribution in [0.15, 0.2) is 61.1 Å². The van der Waals surface area contributed by atoms with Gasteiger partial charge < -0.3 is 4.40 Å². The van der Waals surface area contributed by atoms with Gasteiger partial charge in [-0.15, -0.1) is 0 Å². The van der Waals surface area contributed by atoms with E-state index in [9.17, 15) is 0 Å². The Morgan fingerprint density at radius 3 is 2.94 bits per heavy atom. The van der Waals surface area contributed by atoms with E-state index in [0.717, 1.165) is 5.65 Å². The normalized spacial score (nSPS) is 13.1. The van der Waals surface area contributed by atoms with Crippen LogP contribution in [-0.4, -0.2) is 9.38 Å². The molecule has 0 amide bonds. The van der Waals surface area contributed by atoms with Crippen LogP contribution in [0.4, 0.5) is 0 Å². The number of fused-ring (bicyclic) bond motifs is 1. The molecule has 0 fully saturated rings. The van der Waals surface area contributed by atoms with Gasteiger partial charge in [-0.3, -0.25) is 0 Å². The summed E-state index contributed by atoms with van der Waals surface area (Å²) in [4.78, 5) is 4.30. The second-order valence-electron chi connectivity index (χ2n) is 3.90. The van der Waals surface area contributed by atoms with Gasteiger partial charge in [-0.1, -0.05) is 24.8 Å². The second kappa shape index (κ2) is 4.83. The Labute approximate surface area is 102 Å². The van der Waals surface area contributed by atoms with Gasteiger partial charge in [0.05, 0.1) is 0 Å². The lowest BCUT2D eigenvalue weighted by Gasteiger charge is -2.08. The Hall–Kier alpha value is -2.09. The van der Waals surface area contributed by atoms with Crippen LogP contribution in [0.5, 0.6) is 0 Å². The number of imidazole rings is 1. The molecule has 0 N–H and O–H groups in total. The van der Waals surface area contributed by atoms with Crippen molar-refractivity contribution < 1.29 is 0 Å². The molecule has 0 unspecified atom stereocenters. The minimum atomic E-state index is 0.966. The zero-order valence-corrected chi connectivity index (χ0v) is 10.2.